The van der Waals surface area contributed by atoms with E-state index in [1.807, 2.05) is 36.0 Å². The number of carbonyl (C=O) groups is 1. The Morgan fingerprint density at radius 3 is 2.43 bits per heavy atom. The van der Waals surface area contributed by atoms with Crippen LogP contribution in [0.2, 0.25) is 0 Å². The quantitative estimate of drug-likeness (QED) is 0.513. The molecule has 1 heterocycles. The first kappa shape index (κ1) is 22.6. The summed E-state index contributed by atoms with van der Waals surface area (Å²) in [5.41, 5.74) is 1.78. The minimum Gasteiger partial charge on any atom is -0.381 e. The van der Waals surface area contributed by atoms with Crippen LogP contribution in [0.3, 0.4) is 0 Å². The monoisotopic (exact) mass is 406 g/mol. The van der Waals surface area contributed by atoms with Crippen LogP contribution in [0.5, 0.6) is 0 Å². The molecule has 1 amide bonds. The summed E-state index contributed by atoms with van der Waals surface area (Å²) >= 11 is 2.02. The normalized spacial score (nSPS) is 16.5. The molecule has 0 unspecified atom stereocenters. The summed E-state index contributed by atoms with van der Waals surface area (Å²) in [5, 5.41) is 6.87. The van der Waals surface area contributed by atoms with Crippen molar-refractivity contribution in [2.45, 2.75) is 38.0 Å². The van der Waals surface area contributed by atoms with E-state index in [1.165, 1.54) is 0 Å². The number of nitrogens with one attached hydrogen (secondary N) is 2. The molecular weight excluding hydrogens is 372 g/mol. The highest BCUT2D eigenvalue weighted by molar-refractivity contribution is 8.00. The third-order valence-electron chi connectivity index (χ3n) is 4.80. The molecule has 0 atom stereocenters. The topological polar surface area (TPSA) is 66.0 Å². The van der Waals surface area contributed by atoms with Gasteiger partial charge in [-0.05, 0) is 43.2 Å². The fraction of sp³-hybridized carbons (Fsp3) is 0.619. The second kappa shape index (κ2) is 11.3. The molecule has 1 aliphatic heterocycles. The Kier molecular flexibility index (Phi) is 9.12. The zero-order chi connectivity index (χ0) is 20.4. The molecule has 156 valence electrons. The number of carbonyl (C=O) groups excluding carboxylic acids is 1. The van der Waals surface area contributed by atoms with Gasteiger partial charge < -0.3 is 20.3 Å². The van der Waals surface area contributed by atoms with Crippen LogP contribution < -0.4 is 10.6 Å². The Morgan fingerprint density at radius 2 is 1.86 bits per heavy atom. The number of ether oxygens (including phenoxy) is 1. The van der Waals surface area contributed by atoms with Crippen molar-refractivity contribution < 1.29 is 9.53 Å². The van der Waals surface area contributed by atoms with Gasteiger partial charge >= 0.3 is 0 Å². The SMILES string of the molecule is CCNC(=NCc1ccc(C(=O)N(C)C)cc1)NCC1(SCC)CCOCC1. The first-order valence-electron chi connectivity index (χ1n) is 10.0. The molecule has 7 heteroatoms. The van der Waals surface area contributed by atoms with E-state index in [1.54, 1.807) is 19.0 Å². The van der Waals surface area contributed by atoms with Gasteiger partial charge in [-0.15, -0.1) is 0 Å². The highest BCUT2D eigenvalue weighted by Crippen LogP contribution is 2.34. The minimum atomic E-state index is 0.0141. The number of hydrogen-bond donors (Lipinski definition) is 2. The Labute approximate surface area is 173 Å². The second-order valence-corrected chi connectivity index (χ2v) is 8.91. The molecule has 0 bridgehead atoms. The molecular formula is C21H34N4O2S. The third-order valence-corrected chi connectivity index (χ3v) is 6.26. The lowest BCUT2D eigenvalue weighted by atomic mass is 9.99. The summed E-state index contributed by atoms with van der Waals surface area (Å²) in [4.78, 5) is 18.3. The molecule has 0 spiro atoms. The van der Waals surface area contributed by atoms with Gasteiger partial charge in [-0.2, -0.15) is 11.8 Å². The maximum Gasteiger partial charge on any atom is 0.253 e. The molecule has 0 aromatic heterocycles. The molecule has 2 N–H and O–H groups in total. The number of rotatable bonds is 8. The first-order chi connectivity index (χ1) is 13.5. The summed E-state index contributed by atoms with van der Waals surface area (Å²) in [6.45, 7) is 8.23. The van der Waals surface area contributed by atoms with E-state index >= 15 is 0 Å². The number of amides is 1. The molecule has 0 saturated carbocycles. The third kappa shape index (κ3) is 6.71. The van der Waals surface area contributed by atoms with Crippen molar-refractivity contribution >= 4 is 23.6 Å². The summed E-state index contributed by atoms with van der Waals surface area (Å²) in [6.07, 6.45) is 2.14. The van der Waals surface area contributed by atoms with Gasteiger partial charge in [0.2, 0.25) is 0 Å². The van der Waals surface area contributed by atoms with Crippen molar-refractivity contribution in [3.63, 3.8) is 0 Å². The van der Waals surface area contributed by atoms with Gasteiger partial charge in [-0.25, -0.2) is 4.99 Å². The first-order valence-corrected chi connectivity index (χ1v) is 11.0. The predicted octanol–water partition coefficient (Wildman–Crippen LogP) is 2.75. The van der Waals surface area contributed by atoms with Gasteiger partial charge in [0.05, 0.1) is 6.54 Å². The zero-order valence-corrected chi connectivity index (χ0v) is 18.4. The van der Waals surface area contributed by atoms with Crippen molar-refractivity contribution in [2.24, 2.45) is 4.99 Å². The second-order valence-electron chi connectivity index (χ2n) is 7.17. The fourth-order valence-corrected chi connectivity index (χ4v) is 4.43. The van der Waals surface area contributed by atoms with Crippen LogP contribution in [0.1, 0.15) is 42.6 Å². The van der Waals surface area contributed by atoms with Crippen molar-refractivity contribution in [3.05, 3.63) is 35.4 Å². The molecule has 1 fully saturated rings. The molecule has 0 radical (unpaired) electrons. The largest absolute Gasteiger partial charge is 0.381 e. The summed E-state index contributed by atoms with van der Waals surface area (Å²) in [6, 6.07) is 7.66. The zero-order valence-electron chi connectivity index (χ0n) is 17.6. The highest BCUT2D eigenvalue weighted by Gasteiger charge is 2.32. The molecule has 28 heavy (non-hydrogen) atoms. The van der Waals surface area contributed by atoms with Crippen molar-refractivity contribution in [1.29, 1.82) is 0 Å². The molecule has 6 nitrogen and oxygen atoms in total. The number of hydrogen-bond acceptors (Lipinski definition) is 4. The molecule has 1 aromatic carbocycles. The van der Waals surface area contributed by atoms with Gasteiger partial charge in [0.25, 0.3) is 5.91 Å². The van der Waals surface area contributed by atoms with Crippen molar-refractivity contribution in [3.8, 4) is 0 Å². The Morgan fingerprint density at radius 1 is 1.18 bits per heavy atom. The van der Waals surface area contributed by atoms with Crippen LogP contribution in [0.25, 0.3) is 0 Å². The van der Waals surface area contributed by atoms with Crippen LogP contribution in [-0.2, 0) is 11.3 Å². The number of benzene rings is 1. The average molecular weight is 407 g/mol. The van der Waals surface area contributed by atoms with Crippen molar-refractivity contribution in [2.75, 3.05) is 46.2 Å². The lowest BCUT2D eigenvalue weighted by Crippen LogP contribution is -2.48. The standard InChI is InChI=1S/C21H34N4O2S/c1-5-22-20(24-16-21(28-6-2)11-13-27-14-12-21)23-15-17-7-9-18(10-8-17)19(26)25(3)4/h7-10H,5-6,11-16H2,1-4H3,(H2,22,23,24). The van der Waals surface area contributed by atoms with E-state index in [9.17, 15) is 4.79 Å². The lowest BCUT2D eigenvalue weighted by molar-refractivity contribution is 0.0782. The van der Waals surface area contributed by atoms with Crippen LogP contribution in [0.4, 0.5) is 0 Å². The number of nitrogens with zero attached hydrogens (tertiary/aromatic N) is 2. The summed E-state index contributed by atoms with van der Waals surface area (Å²) < 4.78 is 5.78. The smallest absolute Gasteiger partial charge is 0.253 e. The van der Waals surface area contributed by atoms with Crippen molar-refractivity contribution in [1.82, 2.24) is 15.5 Å². The molecule has 2 rings (SSSR count). The lowest BCUT2D eigenvalue weighted by Gasteiger charge is -2.37. The van der Waals surface area contributed by atoms with E-state index in [0.717, 1.165) is 56.4 Å². The summed E-state index contributed by atoms with van der Waals surface area (Å²) in [5.74, 6) is 1.95. The Balaban J connectivity index is 1.98. The van der Waals surface area contributed by atoms with Gasteiger partial charge in [-0.3, -0.25) is 4.79 Å². The van der Waals surface area contributed by atoms with Crippen LogP contribution in [-0.4, -0.2) is 67.7 Å². The average Bonchev–Trinajstić information content (AvgIpc) is 2.71. The van der Waals surface area contributed by atoms with Gasteiger partial charge in [-0.1, -0.05) is 19.1 Å². The van der Waals surface area contributed by atoms with Crippen LogP contribution >= 0.6 is 11.8 Å². The molecule has 1 aliphatic rings. The fourth-order valence-electron chi connectivity index (χ4n) is 3.19. The van der Waals surface area contributed by atoms with Gasteiger partial charge in [0.15, 0.2) is 5.96 Å². The van der Waals surface area contributed by atoms with E-state index in [-0.39, 0.29) is 10.7 Å². The highest BCUT2D eigenvalue weighted by atomic mass is 32.2. The molecule has 0 aliphatic carbocycles. The Hall–Kier alpha value is -1.73. The van der Waals surface area contributed by atoms with E-state index in [0.29, 0.717) is 12.1 Å². The molecule has 1 aromatic rings. The number of thioether (sulfide) groups is 1. The maximum atomic E-state index is 12.0. The summed E-state index contributed by atoms with van der Waals surface area (Å²) in [7, 11) is 3.52. The van der Waals surface area contributed by atoms with E-state index < -0.39 is 0 Å². The van der Waals surface area contributed by atoms with Gasteiger partial charge in [0, 0.05) is 50.7 Å². The number of guanidine groups is 1. The minimum absolute atomic E-state index is 0.0141. The Bertz CT molecular complexity index is 635. The maximum absolute atomic E-state index is 12.0. The van der Waals surface area contributed by atoms with E-state index in [2.05, 4.69) is 24.5 Å². The number of aliphatic imine (C=N–C) groups is 1. The van der Waals surface area contributed by atoms with Crippen LogP contribution in [0.15, 0.2) is 29.3 Å². The van der Waals surface area contributed by atoms with E-state index in [4.69, 9.17) is 9.73 Å². The van der Waals surface area contributed by atoms with Crippen LogP contribution in [0, 0.1) is 0 Å². The van der Waals surface area contributed by atoms with Gasteiger partial charge in [0.1, 0.15) is 0 Å². The molecule has 1 saturated heterocycles. The predicted molar refractivity (Wildman–Crippen MR) is 118 cm³/mol.